The van der Waals surface area contributed by atoms with E-state index in [9.17, 15) is 13.2 Å². The Bertz CT molecular complexity index is 989. The third kappa shape index (κ3) is 6.38. The van der Waals surface area contributed by atoms with E-state index in [-0.39, 0.29) is 10.8 Å². The number of halogens is 1. The highest BCUT2D eigenvalue weighted by atomic mass is 79.9. The summed E-state index contributed by atoms with van der Waals surface area (Å²) in [5.41, 5.74) is 4.00. The minimum Gasteiger partial charge on any atom is -0.496 e. The van der Waals surface area contributed by atoms with Crippen LogP contribution in [0.2, 0.25) is 0 Å². The molecule has 0 heterocycles. The van der Waals surface area contributed by atoms with Gasteiger partial charge in [-0.15, -0.1) is 0 Å². The Morgan fingerprint density at radius 1 is 1.17 bits per heavy atom. The van der Waals surface area contributed by atoms with Crippen molar-refractivity contribution in [1.29, 1.82) is 0 Å². The second-order valence-electron chi connectivity index (χ2n) is 6.78. The Kier molecular flexibility index (Phi) is 7.95. The van der Waals surface area contributed by atoms with Crippen molar-refractivity contribution >= 4 is 38.1 Å². The Hall–Kier alpha value is -2.23. The van der Waals surface area contributed by atoms with Crippen LogP contribution in [0.3, 0.4) is 0 Å². The van der Waals surface area contributed by atoms with Crippen molar-refractivity contribution in [2.24, 2.45) is 11.0 Å². The van der Waals surface area contributed by atoms with E-state index in [0.717, 1.165) is 10.0 Å². The van der Waals surface area contributed by atoms with Gasteiger partial charge in [-0.05, 0) is 43.2 Å². The summed E-state index contributed by atoms with van der Waals surface area (Å²) in [5, 5.41) is 3.95. The molecule has 1 atom stereocenters. The number of rotatable bonds is 8. The second-order valence-corrected chi connectivity index (χ2v) is 9.41. The van der Waals surface area contributed by atoms with Crippen molar-refractivity contribution in [3.05, 3.63) is 58.1 Å². The van der Waals surface area contributed by atoms with Crippen LogP contribution in [0.1, 0.15) is 25.0 Å². The molecule has 0 aliphatic rings. The summed E-state index contributed by atoms with van der Waals surface area (Å²) in [6.45, 7) is 5.37. The zero-order chi connectivity index (χ0) is 21.6. The third-order valence-electron chi connectivity index (χ3n) is 4.13. The normalized spacial score (nSPS) is 12.9. The van der Waals surface area contributed by atoms with Gasteiger partial charge >= 0.3 is 0 Å². The van der Waals surface area contributed by atoms with E-state index in [1.165, 1.54) is 25.5 Å². The largest absolute Gasteiger partial charge is 0.496 e. The molecule has 156 valence electrons. The summed E-state index contributed by atoms with van der Waals surface area (Å²) in [4.78, 5) is 12.7. The molecule has 0 fully saturated rings. The summed E-state index contributed by atoms with van der Waals surface area (Å²) in [6, 6.07) is 10.8. The van der Waals surface area contributed by atoms with Crippen molar-refractivity contribution in [3.8, 4) is 5.75 Å². The molecule has 9 heteroatoms. The van der Waals surface area contributed by atoms with Crippen molar-refractivity contribution in [2.45, 2.75) is 31.7 Å². The average molecular weight is 482 g/mol. The predicted octanol–water partition coefficient (Wildman–Crippen LogP) is 3.22. The number of benzene rings is 2. The number of hydrazone groups is 1. The summed E-state index contributed by atoms with van der Waals surface area (Å²) in [6.07, 6.45) is 1.44. The average Bonchev–Trinajstić information content (AvgIpc) is 2.66. The number of carbonyl (C=O) groups is 1. The first-order valence-corrected chi connectivity index (χ1v) is 11.2. The van der Waals surface area contributed by atoms with Gasteiger partial charge in [0.05, 0.1) is 18.2 Å². The molecule has 2 rings (SSSR count). The number of nitrogens with zero attached hydrogens (tertiary/aromatic N) is 1. The van der Waals surface area contributed by atoms with E-state index in [1.807, 2.05) is 13.0 Å². The SMILES string of the molecule is COc1ccc(Br)cc1/C=N\NC(=O)[C@@H](NS(=O)(=O)c1ccc(C)cc1)C(C)C. The van der Waals surface area contributed by atoms with E-state index < -0.39 is 22.0 Å². The third-order valence-corrected chi connectivity index (χ3v) is 6.08. The van der Waals surface area contributed by atoms with Gasteiger partial charge in [-0.25, -0.2) is 13.8 Å². The van der Waals surface area contributed by atoms with Crippen LogP contribution >= 0.6 is 15.9 Å². The molecule has 0 radical (unpaired) electrons. The van der Waals surface area contributed by atoms with Gasteiger partial charge in [-0.2, -0.15) is 9.82 Å². The minimum atomic E-state index is -3.85. The maximum absolute atomic E-state index is 12.6. The van der Waals surface area contributed by atoms with Crippen LogP contribution in [0.15, 0.2) is 56.9 Å². The number of methoxy groups -OCH3 is 1. The molecule has 0 aromatic heterocycles. The number of aryl methyl sites for hydroxylation is 1. The topological polar surface area (TPSA) is 96.9 Å². The number of ether oxygens (including phenoxy) is 1. The fourth-order valence-electron chi connectivity index (χ4n) is 2.49. The number of nitrogens with one attached hydrogen (secondary N) is 2. The van der Waals surface area contributed by atoms with Crippen molar-refractivity contribution in [2.75, 3.05) is 7.11 Å². The van der Waals surface area contributed by atoms with Gasteiger partial charge in [0, 0.05) is 10.0 Å². The van der Waals surface area contributed by atoms with Crippen LogP contribution in [0, 0.1) is 12.8 Å². The molecule has 7 nitrogen and oxygen atoms in total. The van der Waals surface area contributed by atoms with Crippen molar-refractivity contribution < 1.29 is 17.9 Å². The molecule has 2 aromatic carbocycles. The zero-order valence-electron chi connectivity index (χ0n) is 16.6. The first-order valence-electron chi connectivity index (χ1n) is 8.89. The molecule has 0 spiro atoms. The lowest BCUT2D eigenvalue weighted by Gasteiger charge is -2.20. The van der Waals surface area contributed by atoms with Crippen LogP contribution in [0.25, 0.3) is 0 Å². The smallest absolute Gasteiger partial charge is 0.258 e. The lowest BCUT2D eigenvalue weighted by atomic mass is 10.1. The molecule has 0 aliphatic heterocycles. The lowest BCUT2D eigenvalue weighted by Crippen LogP contribution is -2.48. The maximum atomic E-state index is 12.6. The molecule has 2 aromatic rings. The quantitative estimate of drug-likeness (QED) is 0.446. The maximum Gasteiger partial charge on any atom is 0.258 e. The van der Waals surface area contributed by atoms with Crippen LogP contribution in [0.5, 0.6) is 5.75 Å². The summed E-state index contributed by atoms with van der Waals surface area (Å²) >= 11 is 3.37. The Balaban J connectivity index is 2.14. The highest BCUT2D eigenvalue weighted by Crippen LogP contribution is 2.21. The van der Waals surface area contributed by atoms with E-state index in [0.29, 0.717) is 11.3 Å². The van der Waals surface area contributed by atoms with Gasteiger partial charge in [-0.1, -0.05) is 47.5 Å². The highest BCUT2D eigenvalue weighted by molar-refractivity contribution is 9.10. The minimum absolute atomic E-state index is 0.101. The number of sulfonamides is 1. The van der Waals surface area contributed by atoms with Gasteiger partial charge in [0.2, 0.25) is 10.0 Å². The second kappa shape index (κ2) is 10.00. The number of amides is 1. The van der Waals surface area contributed by atoms with Crippen LogP contribution in [-0.2, 0) is 14.8 Å². The fraction of sp³-hybridized carbons (Fsp3) is 0.300. The van der Waals surface area contributed by atoms with Crippen LogP contribution < -0.4 is 14.9 Å². The fourth-order valence-corrected chi connectivity index (χ4v) is 4.21. The molecule has 0 bridgehead atoms. The van der Waals surface area contributed by atoms with E-state index in [4.69, 9.17) is 4.74 Å². The van der Waals surface area contributed by atoms with Crippen molar-refractivity contribution in [3.63, 3.8) is 0 Å². The van der Waals surface area contributed by atoms with Gasteiger partial charge in [0.1, 0.15) is 11.8 Å². The molecule has 0 unspecified atom stereocenters. The molecular weight excluding hydrogens is 458 g/mol. The van der Waals surface area contributed by atoms with Gasteiger partial charge in [0.25, 0.3) is 5.91 Å². The number of hydrogen-bond acceptors (Lipinski definition) is 5. The van der Waals surface area contributed by atoms with Crippen LogP contribution in [-0.4, -0.2) is 33.7 Å². The lowest BCUT2D eigenvalue weighted by molar-refractivity contribution is -0.123. The van der Waals surface area contributed by atoms with Gasteiger partial charge < -0.3 is 4.74 Å². The van der Waals surface area contributed by atoms with Gasteiger partial charge in [-0.3, -0.25) is 4.79 Å². The molecule has 29 heavy (non-hydrogen) atoms. The monoisotopic (exact) mass is 481 g/mol. The summed E-state index contributed by atoms with van der Waals surface area (Å²) in [5.74, 6) is -0.251. The first kappa shape index (κ1) is 23.1. The van der Waals surface area contributed by atoms with E-state index in [1.54, 1.807) is 38.1 Å². The molecular formula is C20H24BrN3O4S. The standard InChI is InChI=1S/C20H24BrN3O4S/c1-13(2)19(24-29(26,27)17-8-5-14(3)6-9-17)20(25)23-22-12-15-11-16(21)7-10-18(15)28-4/h5-13,19,24H,1-4H3,(H,23,25)/b22-12-/t19-/m0/s1. The molecule has 2 N–H and O–H groups in total. The Labute approximate surface area is 179 Å². The Morgan fingerprint density at radius 3 is 2.41 bits per heavy atom. The van der Waals surface area contributed by atoms with Crippen molar-refractivity contribution in [1.82, 2.24) is 10.1 Å². The van der Waals surface area contributed by atoms with Crippen LogP contribution in [0.4, 0.5) is 0 Å². The van der Waals surface area contributed by atoms with E-state index in [2.05, 4.69) is 31.2 Å². The molecule has 0 aliphatic carbocycles. The molecule has 1 amide bonds. The highest BCUT2D eigenvalue weighted by Gasteiger charge is 2.28. The molecule has 0 saturated heterocycles. The summed E-state index contributed by atoms with van der Waals surface area (Å²) in [7, 11) is -2.31. The predicted molar refractivity (Wildman–Crippen MR) is 117 cm³/mol. The number of carbonyl (C=O) groups excluding carboxylic acids is 1. The number of hydrogen-bond donors (Lipinski definition) is 2. The summed E-state index contributed by atoms with van der Waals surface area (Å²) < 4.78 is 33.8. The first-order chi connectivity index (χ1) is 13.6. The molecule has 0 saturated carbocycles. The van der Waals surface area contributed by atoms with Gasteiger partial charge in [0.15, 0.2) is 0 Å². The zero-order valence-corrected chi connectivity index (χ0v) is 19.0. The Morgan fingerprint density at radius 2 is 1.83 bits per heavy atom. The van der Waals surface area contributed by atoms with E-state index >= 15 is 0 Å².